The molecule has 10 heteroatoms. The molecule has 7 nitrogen and oxygen atoms in total. The van der Waals surface area contributed by atoms with E-state index in [1.807, 2.05) is 6.92 Å². The van der Waals surface area contributed by atoms with Crippen LogP contribution in [0.25, 0.3) is 10.7 Å². The quantitative estimate of drug-likeness (QED) is 0.785. The van der Waals surface area contributed by atoms with Gasteiger partial charge in [0, 0.05) is 17.2 Å². The van der Waals surface area contributed by atoms with Crippen LogP contribution in [-0.4, -0.2) is 32.8 Å². The zero-order valence-electron chi connectivity index (χ0n) is 8.74. The molecule has 2 aromatic rings. The summed E-state index contributed by atoms with van der Waals surface area (Å²) in [5.74, 6) is 0.418. The molecule has 17 heavy (non-hydrogen) atoms. The Hall–Kier alpha value is -1.06. The van der Waals surface area contributed by atoms with E-state index in [0.29, 0.717) is 17.2 Å². The maximum Gasteiger partial charge on any atom is 0.296 e. The third-order valence-electron chi connectivity index (χ3n) is 1.96. The van der Waals surface area contributed by atoms with Crippen LogP contribution in [0, 0.1) is 0 Å². The number of rotatable bonds is 4. The average molecular weight is 294 g/mol. The fourth-order valence-corrected chi connectivity index (χ4v) is 2.77. The van der Waals surface area contributed by atoms with Gasteiger partial charge in [0.1, 0.15) is 4.88 Å². The highest BCUT2D eigenvalue weighted by Crippen LogP contribution is 2.24. The monoisotopic (exact) mass is 293 g/mol. The molecule has 0 spiro atoms. The predicted octanol–water partition coefficient (Wildman–Crippen LogP) is 1.13. The van der Waals surface area contributed by atoms with Crippen LogP contribution in [0.4, 0.5) is 0 Å². The van der Waals surface area contributed by atoms with Gasteiger partial charge in [-0.3, -0.25) is 4.57 Å². The molecule has 0 fully saturated rings. The Morgan fingerprint density at radius 1 is 1.47 bits per heavy atom. The van der Waals surface area contributed by atoms with Crippen LogP contribution in [-0.2, 0) is 15.6 Å². The van der Waals surface area contributed by atoms with Crippen LogP contribution in [0.5, 0.6) is 0 Å². The number of hydrogen-bond donors (Lipinski definition) is 0. The third kappa shape index (κ3) is 2.45. The van der Waals surface area contributed by atoms with Crippen molar-refractivity contribution < 1.29 is 8.42 Å². The second-order valence-electron chi connectivity index (χ2n) is 3.18. The molecule has 2 heterocycles. The number of aromatic nitrogens is 5. The summed E-state index contributed by atoms with van der Waals surface area (Å²) in [5.41, 5.74) is 0. The van der Waals surface area contributed by atoms with E-state index in [1.54, 1.807) is 0 Å². The summed E-state index contributed by atoms with van der Waals surface area (Å²) in [5, 5.41) is 10.9. The van der Waals surface area contributed by atoms with E-state index in [-0.39, 0.29) is 5.16 Å². The van der Waals surface area contributed by atoms with Gasteiger partial charge in [0.25, 0.3) is 14.2 Å². The van der Waals surface area contributed by atoms with Crippen LogP contribution < -0.4 is 0 Å². The van der Waals surface area contributed by atoms with E-state index in [0.717, 1.165) is 18.0 Å². The highest BCUT2D eigenvalue weighted by molar-refractivity contribution is 8.13. The van der Waals surface area contributed by atoms with Crippen LogP contribution in [0.3, 0.4) is 0 Å². The lowest BCUT2D eigenvalue weighted by Crippen LogP contribution is -2.07. The first-order valence-corrected chi connectivity index (χ1v) is 7.78. The van der Waals surface area contributed by atoms with Gasteiger partial charge >= 0.3 is 0 Å². The minimum Gasteiger partial charge on any atom is -0.296 e. The smallest absolute Gasteiger partial charge is 0.296 e. The minimum atomic E-state index is -3.90. The van der Waals surface area contributed by atoms with Gasteiger partial charge in [-0.25, -0.2) is 8.42 Å². The van der Waals surface area contributed by atoms with Crippen molar-refractivity contribution in [2.75, 3.05) is 0 Å². The Labute approximate surface area is 106 Å². The van der Waals surface area contributed by atoms with Gasteiger partial charge in [-0.15, -0.1) is 15.3 Å². The van der Waals surface area contributed by atoms with Crippen molar-refractivity contribution in [2.24, 2.45) is 0 Å². The highest BCUT2D eigenvalue weighted by Gasteiger charge is 2.23. The molecule has 0 aliphatic carbocycles. The van der Waals surface area contributed by atoms with Crippen molar-refractivity contribution in [3.05, 3.63) is 6.20 Å². The molecule has 0 saturated carbocycles. The summed E-state index contributed by atoms with van der Waals surface area (Å²) in [6.07, 6.45) is 2.24. The molecule has 92 valence electrons. The van der Waals surface area contributed by atoms with Crippen molar-refractivity contribution in [1.82, 2.24) is 24.4 Å². The minimum absolute atomic E-state index is 0.246. The molecular formula is C7H8ClN5O2S2. The number of halogens is 1. The average Bonchev–Trinajstić information content (AvgIpc) is 2.82. The van der Waals surface area contributed by atoms with Gasteiger partial charge in [0.05, 0.1) is 6.20 Å². The standard InChI is InChI=1S/C7H8ClN5O2S2/c1-2-3-13-6(5-4-9-12-16-5)10-11-7(13)17(8,14)15/h4H,2-3H2,1H3. The predicted molar refractivity (Wildman–Crippen MR) is 62.3 cm³/mol. The Balaban J connectivity index is 2.59. The van der Waals surface area contributed by atoms with Crippen LogP contribution in [0.15, 0.2) is 11.4 Å². The van der Waals surface area contributed by atoms with Gasteiger partial charge in [-0.1, -0.05) is 11.4 Å². The summed E-state index contributed by atoms with van der Waals surface area (Å²) in [6, 6.07) is 0. The second-order valence-corrected chi connectivity index (χ2v) is 6.42. The Kier molecular flexibility index (Phi) is 3.40. The SMILES string of the molecule is CCCn1c(-c2cnns2)nnc1S(=O)(=O)Cl. The van der Waals surface area contributed by atoms with E-state index < -0.39 is 9.05 Å². The molecule has 0 amide bonds. The maximum atomic E-state index is 11.3. The Bertz CT molecular complexity index is 606. The van der Waals surface area contributed by atoms with Gasteiger partial charge in [-0.05, 0) is 18.0 Å². The second kappa shape index (κ2) is 4.67. The normalized spacial score (nSPS) is 11.9. The number of hydrogen-bond acceptors (Lipinski definition) is 7. The fraction of sp³-hybridized carbons (Fsp3) is 0.429. The van der Waals surface area contributed by atoms with Crippen LogP contribution in [0.1, 0.15) is 13.3 Å². The first-order chi connectivity index (χ1) is 8.04. The van der Waals surface area contributed by atoms with E-state index in [1.165, 1.54) is 10.8 Å². The van der Waals surface area contributed by atoms with Crippen molar-refractivity contribution in [3.63, 3.8) is 0 Å². The van der Waals surface area contributed by atoms with Crippen molar-refractivity contribution in [2.45, 2.75) is 25.0 Å². The number of nitrogens with zero attached hydrogens (tertiary/aromatic N) is 5. The van der Waals surface area contributed by atoms with Gasteiger partial charge in [-0.2, -0.15) is 0 Å². The molecule has 0 saturated heterocycles. The molecule has 0 aromatic carbocycles. The van der Waals surface area contributed by atoms with Crippen molar-refractivity contribution in [1.29, 1.82) is 0 Å². The molecule has 0 radical (unpaired) electrons. The van der Waals surface area contributed by atoms with Crippen molar-refractivity contribution in [3.8, 4) is 10.7 Å². The first kappa shape index (κ1) is 12.4. The van der Waals surface area contributed by atoms with E-state index in [4.69, 9.17) is 10.7 Å². The zero-order chi connectivity index (χ0) is 12.5. The third-order valence-corrected chi connectivity index (χ3v) is 3.78. The van der Waals surface area contributed by atoms with E-state index in [2.05, 4.69) is 19.8 Å². The Morgan fingerprint density at radius 2 is 2.24 bits per heavy atom. The van der Waals surface area contributed by atoms with E-state index >= 15 is 0 Å². The summed E-state index contributed by atoms with van der Waals surface area (Å²) in [4.78, 5) is 0.650. The largest absolute Gasteiger partial charge is 0.296 e. The zero-order valence-corrected chi connectivity index (χ0v) is 11.1. The van der Waals surface area contributed by atoms with Gasteiger partial charge in [0.15, 0.2) is 5.82 Å². The summed E-state index contributed by atoms with van der Waals surface area (Å²) >= 11 is 1.12. The molecule has 0 N–H and O–H groups in total. The molecule has 0 atom stereocenters. The molecular weight excluding hydrogens is 286 g/mol. The molecule has 2 rings (SSSR count). The molecule has 0 aliphatic heterocycles. The van der Waals surface area contributed by atoms with E-state index in [9.17, 15) is 8.42 Å². The Morgan fingerprint density at radius 3 is 2.76 bits per heavy atom. The van der Waals surface area contributed by atoms with Crippen molar-refractivity contribution >= 4 is 31.3 Å². The lowest BCUT2D eigenvalue weighted by molar-refractivity contribution is 0.570. The van der Waals surface area contributed by atoms with Crippen LogP contribution >= 0.6 is 22.2 Å². The van der Waals surface area contributed by atoms with Crippen LogP contribution in [0.2, 0.25) is 0 Å². The van der Waals surface area contributed by atoms with Gasteiger partial charge < -0.3 is 0 Å². The summed E-state index contributed by atoms with van der Waals surface area (Å²) in [7, 11) is 1.39. The molecule has 0 unspecified atom stereocenters. The fourth-order valence-electron chi connectivity index (χ4n) is 1.34. The molecule has 0 bridgehead atoms. The topological polar surface area (TPSA) is 90.6 Å². The lowest BCUT2D eigenvalue weighted by Gasteiger charge is -2.04. The molecule has 2 aromatic heterocycles. The first-order valence-electron chi connectivity index (χ1n) is 4.69. The highest BCUT2D eigenvalue weighted by atomic mass is 35.7. The van der Waals surface area contributed by atoms with Gasteiger partial charge in [0.2, 0.25) is 0 Å². The maximum absolute atomic E-state index is 11.3. The molecule has 0 aliphatic rings. The summed E-state index contributed by atoms with van der Waals surface area (Å²) < 4.78 is 27.8. The lowest BCUT2D eigenvalue weighted by atomic mass is 10.4. The summed E-state index contributed by atoms with van der Waals surface area (Å²) in [6.45, 7) is 2.38.